The van der Waals surface area contributed by atoms with Crippen molar-refractivity contribution in [3.8, 4) is 0 Å². The van der Waals surface area contributed by atoms with E-state index in [1.807, 2.05) is 24.3 Å². The van der Waals surface area contributed by atoms with Crippen LogP contribution in [0.25, 0.3) is 0 Å². The number of carbonyl (C=O) groups excluding carboxylic acids is 1. The second-order valence-corrected chi connectivity index (χ2v) is 8.52. The molecular weight excluding hydrogens is 372 g/mol. The number of nitrogens with zero attached hydrogens (tertiary/aromatic N) is 1. The number of benzene rings is 3. The Bertz CT molecular complexity index is 1100. The highest BCUT2D eigenvalue weighted by molar-refractivity contribution is 7.92. The Morgan fingerprint density at radius 2 is 1.57 bits per heavy atom. The molecule has 1 aliphatic heterocycles. The molecule has 1 aliphatic rings. The Balaban J connectivity index is 1.62. The van der Waals surface area contributed by atoms with Gasteiger partial charge in [-0.3, -0.25) is 9.10 Å². The molecule has 3 aromatic rings. The quantitative estimate of drug-likeness (QED) is 0.727. The Morgan fingerprint density at radius 3 is 2.29 bits per heavy atom. The van der Waals surface area contributed by atoms with Crippen LogP contribution in [0.15, 0.2) is 83.8 Å². The van der Waals surface area contributed by atoms with E-state index in [1.54, 1.807) is 54.6 Å². The van der Waals surface area contributed by atoms with Gasteiger partial charge in [-0.15, -0.1) is 0 Å². The molecule has 6 heteroatoms. The number of aryl methyl sites for hydroxylation is 1. The van der Waals surface area contributed by atoms with Crippen LogP contribution in [-0.2, 0) is 16.4 Å². The molecule has 0 atom stereocenters. The van der Waals surface area contributed by atoms with Crippen LogP contribution in [0.4, 0.5) is 11.4 Å². The molecule has 0 fully saturated rings. The molecule has 3 aromatic carbocycles. The number of fused-ring (bicyclic) bond motifs is 1. The van der Waals surface area contributed by atoms with E-state index in [-0.39, 0.29) is 10.8 Å². The van der Waals surface area contributed by atoms with Crippen LogP contribution in [0.3, 0.4) is 0 Å². The lowest BCUT2D eigenvalue weighted by atomic mass is 10.0. The summed E-state index contributed by atoms with van der Waals surface area (Å²) in [6.07, 6.45) is 1.50. The number of sulfonamides is 1. The van der Waals surface area contributed by atoms with E-state index in [0.29, 0.717) is 23.5 Å². The van der Waals surface area contributed by atoms with Crippen molar-refractivity contribution in [1.82, 2.24) is 0 Å². The van der Waals surface area contributed by atoms with Crippen LogP contribution in [0, 0.1) is 0 Å². The van der Waals surface area contributed by atoms with Crippen LogP contribution >= 0.6 is 0 Å². The van der Waals surface area contributed by atoms with Crippen molar-refractivity contribution in [2.75, 3.05) is 16.2 Å². The van der Waals surface area contributed by atoms with E-state index in [0.717, 1.165) is 18.4 Å². The number of nitrogens with one attached hydrogen (secondary N) is 1. The van der Waals surface area contributed by atoms with Gasteiger partial charge in [0.2, 0.25) is 0 Å². The first-order chi connectivity index (χ1) is 13.6. The Hall–Kier alpha value is -3.12. The summed E-state index contributed by atoms with van der Waals surface area (Å²) in [5.41, 5.74) is 2.82. The molecular formula is C22H20N2O3S. The predicted octanol–water partition coefficient (Wildman–Crippen LogP) is 4.08. The van der Waals surface area contributed by atoms with Gasteiger partial charge in [0.15, 0.2) is 0 Å². The highest BCUT2D eigenvalue weighted by atomic mass is 32.2. The number of hydrogen-bond donors (Lipinski definition) is 1. The minimum absolute atomic E-state index is 0.190. The van der Waals surface area contributed by atoms with Crippen molar-refractivity contribution in [2.24, 2.45) is 0 Å². The minimum atomic E-state index is -3.61. The molecule has 4 rings (SSSR count). The van der Waals surface area contributed by atoms with Crippen LogP contribution in [0.1, 0.15) is 22.3 Å². The summed E-state index contributed by atoms with van der Waals surface area (Å²) in [4.78, 5) is 12.7. The fourth-order valence-electron chi connectivity index (χ4n) is 3.40. The molecule has 0 aliphatic carbocycles. The number of carbonyl (C=O) groups is 1. The van der Waals surface area contributed by atoms with Crippen molar-refractivity contribution in [1.29, 1.82) is 0 Å². The number of rotatable bonds is 4. The van der Waals surface area contributed by atoms with E-state index in [2.05, 4.69) is 5.32 Å². The summed E-state index contributed by atoms with van der Waals surface area (Å²) in [6, 6.07) is 22.8. The summed E-state index contributed by atoms with van der Waals surface area (Å²) >= 11 is 0. The summed E-state index contributed by atoms with van der Waals surface area (Å²) in [5.74, 6) is -0.190. The molecule has 0 unspecified atom stereocenters. The third kappa shape index (κ3) is 3.51. The lowest BCUT2D eigenvalue weighted by Crippen LogP contribution is -2.35. The SMILES string of the molecule is O=C(Nc1ccc2c(c1)CCCN2S(=O)(=O)c1ccccc1)c1ccccc1. The van der Waals surface area contributed by atoms with Crippen molar-refractivity contribution in [3.63, 3.8) is 0 Å². The van der Waals surface area contributed by atoms with Crippen LogP contribution in [0.5, 0.6) is 0 Å². The van der Waals surface area contributed by atoms with Crippen molar-refractivity contribution in [3.05, 3.63) is 90.0 Å². The Kier molecular flexibility index (Phi) is 4.88. The van der Waals surface area contributed by atoms with E-state index >= 15 is 0 Å². The largest absolute Gasteiger partial charge is 0.322 e. The van der Waals surface area contributed by atoms with Crippen molar-refractivity contribution in [2.45, 2.75) is 17.7 Å². The zero-order valence-corrected chi connectivity index (χ0v) is 16.0. The average molecular weight is 392 g/mol. The second-order valence-electron chi connectivity index (χ2n) is 6.66. The van der Waals surface area contributed by atoms with E-state index in [9.17, 15) is 13.2 Å². The maximum atomic E-state index is 13.1. The van der Waals surface area contributed by atoms with Gasteiger partial charge in [0.1, 0.15) is 0 Å². The fourth-order valence-corrected chi connectivity index (χ4v) is 4.96. The first-order valence-electron chi connectivity index (χ1n) is 9.13. The number of hydrogen-bond acceptors (Lipinski definition) is 3. The zero-order valence-electron chi connectivity index (χ0n) is 15.2. The Morgan fingerprint density at radius 1 is 0.893 bits per heavy atom. The standard InChI is InChI=1S/C22H20N2O3S/c25-22(17-8-3-1-4-9-17)23-19-13-14-21-18(16-19)10-7-15-24(21)28(26,27)20-11-5-2-6-12-20/h1-6,8-9,11-14,16H,7,10,15H2,(H,23,25). The highest BCUT2D eigenvalue weighted by Crippen LogP contribution is 2.33. The predicted molar refractivity (Wildman–Crippen MR) is 110 cm³/mol. The Labute approximate surface area is 164 Å². The average Bonchev–Trinajstić information content (AvgIpc) is 2.74. The first kappa shape index (κ1) is 18.3. The normalized spacial score (nSPS) is 13.6. The van der Waals surface area contributed by atoms with Gasteiger partial charge in [0, 0.05) is 17.8 Å². The highest BCUT2D eigenvalue weighted by Gasteiger charge is 2.29. The van der Waals surface area contributed by atoms with Gasteiger partial charge < -0.3 is 5.32 Å². The van der Waals surface area contributed by atoms with E-state index in [1.165, 1.54) is 4.31 Å². The topological polar surface area (TPSA) is 66.5 Å². The molecule has 0 spiro atoms. The molecule has 1 heterocycles. The van der Waals surface area contributed by atoms with Gasteiger partial charge in [0.05, 0.1) is 10.6 Å². The summed E-state index contributed by atoms with van der Waals surface area (Å²) in [6.45, 7) is 0.444. The molecule has 142 valence electrons. The van der Waals surface area contributed by atoms with Gasteiger partial charge in [-0.05, 0) is 60.9 Å². The first-order valence-corrected chi connectivity index (χ1v) is 10.6. The molecule has 0 aromatic heterocycles. The zero-order chi connectivity index (χ0) is 19.6. The molecule has 0 radical (unpaired) electrons. The minimum Gasteiger partial charge on any atom is -0.322 e. The summed E-state index contributed by atoms with van der Waals surface area (Å²) in [7, 11) is -3.61. The summed E-state index contributed by atoms with van der Waals surface area (Å²) < 4.78 is 27.6. The molecule has 5 nitrogen and oxygen atoms in total. The molecule has 1 N–H and O–H groups in total. The van der Waals surface area contributed by atoms with Crippen LogP contribution in [-0.4, -0.2) is 20.9 Å². The number of amides is 1. The van der Waals surface area contributed by atoms with Crippen LogP contribution in [0.2, 0.25) is 0 Å². The van der Waals surface area contributed by atoms with Crippen LogP contribution < -0.4 is 9.62 Å². The van der Waals surface area contributed by atoms with Gasteiger partial charge in [-0.25, -0.2) is 8.42 Å². The fraction of sp³-hybridized carbons (Fsp3) is 0.136. The lowest BCUT2D eigenvalue weighted by Gasteiger charge is -2.30. The molecule has 0 bridgehead atoms. The van der Waals surface area contributed by atoms with Crippen molar-refractivity contribution < 1.29 is 13.2 Å². The number of anilines is 2. The van der Waals surface area contributed by atoms with E-state index < -0.39 is 10.0 Å². The second kappa shape index (κ2) is 7.48. The molecule has 0 saturated heterocycles. The third-order valence-electron chi connectivity index (χ3n) is 4.78. The van der Waals surface area contributed by atoms with Crippen molar-refractivity contribution >= 4 is 27.3 Å². The maximum absolute atomic E-state index is 13.1. The monoisotopic (exact) mass is 392 g/mol. The van der Waals surface area contributed by atoms with Gasteiger partial charge in [0.25, 0.3) is 15.9 Å². The molecule has 28 heavy (non-hydrogen) atoms. The van der Waals surface area contributed by atoms with Gasteiger partial charge in [-0.1, -0.05) is 36.4 Å². The van der Waals surface area contributed by atoms with Gasteiger partial charge in [-0.2, -0.15) is 0 Å². The molecule has 0 saturated carbocycles. The smallest absolute Gasteiger partial charge is 0.264 e. The molecule has 1 amide bonds. The third-order valence-corrected chi connectivity index (χ3v) is 6.61. The lowest BCUT2D eigenvalue weighted by molar-refractivity contribution is 0.102. The van der Waals surface area contributed by atoms with E-state index in [4.69, 9.17) is 0 Å². The maximum Gasteiger partial charge on any atom is 0.264 e. The van der Waals surface area contributed by atoms with Gasteiger partial charge >= 0.3 is 0 Å². The summed E-state index contributed by atoms with van der Waals surface area (Å²) in [5, 5.41) is 2.89.